The van der Waals surface area contributed by atoms with Crippen molar-refractivity contribution in [1.29, 1.82) is 0 Å². The van der Waals surface area contributed by atoms with E-state index >= 15 is 0 Å². The average molecular weight is 371 g/mol. The molecule has 0 radical (unpaired) electrons. The minimum Gasteiger partial charge on any atom is -0.317 e. The molecule has 0 aromatic carbocycles. The van der Waals surface area contributed by atoms with Gasteiger partial charge in [-0.3, -0.25) is 0 Å². The van der Waals surface area contributed by atoms with Gasteiger partial charge in [0.15, 0.2) is 0 Å². The zero-order chi connectivity index (χ0) is 19.9. The first-order valence-electron chi connectivity index (χ1n) is 12.1. The van der Waals surface area contributed by atoms with E-state index in [-0.39, 0.29) is 0 Å². The van der Waals surface area contributed by atoms with E-state index in [1.54, 1.807) is 0 Å². The van der Waals surface area contributed by atoms with Gasteiger partial charge < -0.3 is 10.6 Å². The van der Waals surface area contributed by atoms with Crippen LogP contribution in [0.2, 0.25) is 0 Å². The summed E-state index contributed by atoms with van der Waals surface area (Å²) in [6.07, 6.45) is 16.2. The molecule has 26 heavy (non-hydrogen) atoms. The summed E-state index contributed by atoms with van der Waals surface area (Å²) in [6.45, 7) is 18.6. The van der Waals surface area contributed by atoms with E-state index in [4.69, 9.17) is 0 Å². The number of unbranched alkanes of at least 4 members (excludes halogenated alkanes) is 4. The molecule has 0 fully saturated rings. The molecule has 0 aromatic heterocycles. The third-order valence-electron chi connectivity index (χ3n) is 5.37. The second-order valence-corrected chi connectivity index (χ2v) is 7.95. The van der Waals surface area contributed by atoms with Gasteiger partial charge in [0.1, 0.15) is 0 Å². The lowest BCUT2D eigenvalue weighted by Gasteiger charge is -2.19. The summed E-state index contributed by atoms with van der Waals surface area (Å²) in [6, 6.07) is 0. The molecule has 0 aliphatic rings. The van der Waals surface area contributed by atoms with E-state index in [0.717, 1.165) is 11.8 Å². The van der Waals surface area contributed by atoms with Gasteiger partial charge in [0, 0.05) is 0 Å². The van der Waals surface area contributed by atoms with E-state index in [0.29, 0.717) is 0 Å². The van der Waals surface area contributed by atoms with Crippen LogP contribution in [0.25, 0.3) is 0 Å². The van der Waals surface area contributed by atoms with Gasteiger partial charge in [-0.25, -0.2) is 0 Å². The Labute approximate surface area is 167 Å². The van der Waals surface area contributed by atoms with Crippen LogP contribution in [0.15, 0.2) is 0 Å². The van der Waals surface area contributed by atoms with Gasteiger partial charge in [-0.05, 0) is 63.7 Å². The SMILES string of the molecule is CCCCC(CC)CNCC(CC)CCCC.CCCCNCCCC. The zero-order valence-electron chi connectivity index (χ0n) is 19.5. The summed E-state index contributed by atoms with van der Waals surface area (Å²) in [5, 5.41) is 7.09. The van der Waals surface area contributed by atoms with Crippen molar-refractivity contribution in [1.82, 2.24) is 10.6 Å². The molecule has 0 spiro atoms. The maximum Gasteiger partial charge on any atom is -0.00205 e. The van der Waals surface area contributed by atoms with Crippen LogP contribution >= 0.6 is 0 Å². The smallest absolute Gasteiger partial charge is 0.00205 e. The third-order valence-corrected chi connectivity index (χ3v) is 5.37. The molecular weight excluding hydrogens is 316 g/mol. The molecule has 0 aromatic rings. The monoisotopic (exact) mass is 370 g/mol. The van der Waals surface area contributed by atoms with Crippen LogP contribution in [0, 0.1) is 11.8 Å². The Hall–Kier alpha value is -0.0800. The molecule has 0 aliphatic carbocycles. The van der Waals surface area contributed by atoms with Crippen LogP contribution < -0.4 is 10.6 Å². The Morgan fingerprint density at radius 3 is 1.19 bits per heavy atom. The lowest BCUT2D eigenvalue weighted by Crippen LogP contribution is -2.28. The second-order valence-electron chi connectivity index (χ2n) is 7.95. The Balaban J connectivity index is 0. The number of hydrogen-bond donors (Lipinski definition) is 2. The molecule has 0 amide bonds. The molecule has 2 unspecified atom stereocenters. The Kier molecular flexibility index (Phi) is 27.0. The van der Waals surface area contributed by atoms with Crippen LogP contribution in [0.3, 0.4) is 0 Å². The molecule has 0 saturated heterocycles. The van der Waals surface area contributed by atoms with Gasteiger partial charge in [-0.15, -0.1) is 0 Å². The van der Waals surface area contributed by atoms with Gasteiger partial charge >= 0.3 is 0 Å². The van der Waals surface area contributed by atoms with Crippen LogP contribution in [-0.4, -0.2) is 26.2 Å². The first kappa shape index (κ1) is 28.1. The topological polar surface area (TPSA) is 24.1 Å². The maximum absolute atomic E-state index is 3.71. The van der Waals surface area contributed by atoms with Gasteiger partial charge in [0.25, 0.3) is 0 Å². The lowest BCUT2D eigenvalue weighted by molar-refractivity contribution is 0.372. The molecule has 2 N–H and O–H groups in total. The van der Waals surface area contributed by atoms with Gasteiger partial charge in [-0.1, -0.05) is 92.9 Å². The predicted octanol–water partition coefficient (Wildman–Crippen LogP) is 7.19. The zero-order valence-corrected chi connectivity index (χ0v) is 19.5. The van der Waals surface area contributed by atoms with Crippen molar-refractivity contribution in [3.63, 3.8) is 0 Å². The van der Waals surface area contributed by atoms with E-state index in [1.165, 1.54) is 103 Å². The molecular formula is C24H54N2. The molecule has 0 saturated carbocycles. The number of rotatable bonds is 18. The summed E-state index contributed by atoms with van der Waals surface area (Å²) < 4.78 is 0. The highest BCUT2D eigenvalue weighted by Crippen LogP contribution is 2.13. The quantitative estimate of drug-likeness (QED) is 0.250. The van der Waals surface area contributed by atoms with E-state index in [1.807, 2.05) is 0 Å². The molecule has 2 atom stereocenters. The fourth-order valence-corrected chi connectivity index (χ4v) is 3.11. The molecule has 160 valence electrons. The molecule has 0 heterocycles. The highest BCUT2D eigenvalue weighted by Gasteiger charge is 2.08. The van der Waals surface area contributed by atoms with Crippen LogP contribution in [-0.2, 0) is 0 Å². The second kappa shape index (κ2) is 24.9. The van der Waals surface area contributed by atoms with E-state index in [9.17, 15) is 0 Å². The van der Waals surface area contributed by atoms with Crippen molar-refractivity contribution in [2.24, 2.45) is 11.8 Å². The molecule has 2 heteroatoms. The summed E-state index contributed by atoms with van der Waals surface area (Å²) >= 11 is 0. The first-order chi connectivity index (χ1) is 12.7. The van der Waals surface area contributed by atoms with Crippen LogP contribution in [0.5, 0.6) is 0 Å². The van der Waals surface area contributed by atoms with E-state index in [2.05, 4.69) is 52.2 Å². The van der Waals surface area contributed by atoms with Gasteiger partial charge in [0.2, 0.25) is 0 Å². The Morgan fingerprint density at radius 2 is 0.885 bits per heavy atom. The van der Waals surface area contributed by atoms with Gasteiger partial charge in [-0.2, -0.15) is 0 Å². The fourth-order valence-electron chi connectivity index (χ4n) is 3.11. The average Bonchev–Trinajstić information content (AvgIpc) is 2.67. The minimum absolute atomic E-state index is 0.902. The third kappa shape index (κ3) is 22.0. The standard InChI is InChI=1S/C16H35N.C8H19N/c1-5-9-11-15(7-3)13-17-14-16(8-4)12-10-6-2;1-3-5-7-9-8-6-4-2/h15-17H,5-14H2,1-4H3;9H,3-8H2,1-2H3. The largest absolute Gasteiger partial charge is 0.317 e. The summed E-state index contributed by atoms with van der Waals surface area (Å²) in [7, 11) is 0. The normalized spacial score (nSPS) is 13.2. The minimum atomic E-state index is 0.902. The fraction of sp³-hybridized carbons (Fsp3) is 1.00. The summed E-state index contributed by atoms with van der Waals surface area (Å²) in [5.41, 5.74) is 0. The lowest BCUT2D eigenvalue weighted by atomic mass is 9.97. The number of nitrogens with one attached hydrogen (secondary N) is 2. The van der Waals surface area contributed by atoms with Crippen LogP contribution in [0.4, 0.5) is 0 Å². The van der Waals surface area contributed by atoms with Crippen molar-refractivity contribution < 1.29 is 0 Å². The van der Waals surface area contributed by atoms with Crippen molar-refractivity contribution in [2.45, 2.75) is 119 Å². The van der Waals surface area contributed by atoms with Crippen LogP contribution in [0.1, 0.15) is 119 Å². The van der Waals surface area contributed by atoms with Crippen molar-refractivity contribution in [2.75, 3.05) is 26.2 Å². The summed E-state index contributed by atoms with van der Waals surface area (Å²) in [4.78, 5) is 0. The van der Waals surface area contributed by atoms with Crippen molar-refractivity contribution in [3.8, 4) is 0 Å². The highest BCUT2D eigenvalue weighted by atomic mass is 14.9. The van der Waals surface area contributed by atoms with Crippen molar-refractivity contribution in [3.05, 3.63) is 0 Å². The Bertz CT molecular complexity index is 208. The summed E-state index contributed by atoms with van der Waals surface area (Å²) in [5.74, 6) is 1.80. The van der Waals surface area contributed by atoms with E-state index < -0.39 is 0 Å². The van der Waals surface area contributed by atoms with Crippen molar-refractivity contribution >= 4 is 0 Å². The molecule has 0 rings (SSSR count). The number of hydrogen-bond acceptors (Lipinski definition) is 2. The molecule has 0 bridgehead atoms. The first-order valence-corrected chi connectivity index (χ1v) is 12.1. The highest BCUT2D eigenvalue weighted by molar-refractivity contribution is 4.65. The Morgan fingerprint density at radius 1 is 0.500 bits per heavy atom. The molecule has 2 nitrogen and oxygen atoms in total. The predicted molar refractivity (Wildman–Crippen MR) is 122 cm³/mol. The van der Waals surface area contributed by atoms with Gasteiger partial charge in [0.05, 0.1) is 0 Å². The molecule has 0 aliphatic heterocycles. The maximum atomic E-state index is 3.71.